The topological polar surface area (TPSA) is 33.5 Å². The number of benzene rings is 5. The molecule has 0 unspecified atom stereocenters. The fourth-order valence-electron chi connectivity index (χ4n) is 7.83. The molecule has 0 atom stereocenters. The summed E-state index contributed by atoms with van der Waals surface area (Å²) in [5.74, 6) is 2.09. The van der Waals surface area contributed by atoms with E-state index in [0.29, 0.717) is 11.5 Å². The van der Waals surface area contributed by atoms with Crippen LogP contribution in [-0.2, 0) is 37.3 Å². The van der Waals surface area contributed by atoms with Gasteiger partial charge in [-0.15, -0.1) is 48.1 Å². The molecule has 1 aliphatic rings. The van der Waals surface area contributed by atoms with Crippen LogP contribution < -0.4 is 14.5 Å². The van der Waals surface area contributed by atoms with Crippen LogP contribution >= 0.6 is 0 Å². The number of anilines is 2. The number of pyridine rings is 1. The average Bonchev–Trinajstić information content (AvgIpc) is 3.78. The SMILES string of the molecule is CC(C)(C)C1=CN(c2cccc(C(C)(C)c3ccccc3)c2)[CH-]N1c1[c-]c(Oc2[c-]c3c(cc2)c2cc(C(C)(C)C)ccc2n3-c2cc(C(C)(C)C)ccn2)ccc1.[Pt]. The van der Waals surface area contributed by atoms with Gasteiger partial charge in [0.2, 0.25) is 0 Å². The molecule has 0 saturated heterocycles. The third kappa shape index (κ3) is 8.24. The summed E-state index contributed by atoms with van der Waals surface area (Å²) in [6, 6.07) is 48.2. The van der Waals surface area contributed by atoms with Crippen LogP contribution in [0.2, 0.25) is 0 Å². The molecule has 0 amide bonds. The Kier molecular flexibility index (Phi) is 11.0. The van der Waals surface area contributed by atoms with E-state index in [2.05, 4.69) is 213 Å². The minimum Gasteiger partial charge on any atom is -0.509 e. The van der Waals surface area contributed by atoms with E-state index >= 15 is 0 Å². The second kappa shape index (κ2) is 15.5. The van der Waals surface area contributed by atoms with Crippen LogP contribution in [0.1, 0.15) is 98.4 Å². The Morgan fingerprint density at radius 1 is 0.576 bits per heavy atom. The summed E-state index contributed by atoms with van der Waals surface area (Å²) in [5, 5.41) is 2.28. The minimum atomic E-state index is -0.149. The molecule has 0 spiro atoms. The van der Waals surface area contributed by atoms with Gasteiger partial charge in [0.25, 0.3) is 0 Å². The van der Waals surface area contributed by atoms with Gasteiger partial charge < -0.3 is 19.1 Å². The molecule has 306 valence electrons. The predicted molar refractivity (Wildman–Crippen MR) is 242 cm³/mol. The van der Waals surface area contributed by atoms with Gasteiger partial charge in [0.1, 0.15) is 5.82 Å². The second-order valence-electron chi connectivity index (χ2n) is 19.3. The maximum atomic E-state index is 6.64. The van der Waals surface area contributed by atoms with Crippen LogP contribution in [0.4, 0.5) is 11.4 Å². The van der Waals surface area contributed by atoms with E-state index in [4.69, 9.17) is 9.72 Å². The van der Waals surface area contributed by atoms with Crippen LogP contribution in [0.15, 0.2) is 133 Å². The predicted octanol–water partition coefficient (Wildman–Crippen LogP) is 13.8. The molecular weight excluding hydrogens is 904 g/mol. The van der Waals surface area contributed by atoms with Gasteiger partial charge in [-0.2, -0.15) is 12.1 Å². The van der Waals surface area contributed by atoms with Crippen molar-refractivity contribution in [3.63, 3.8) is 0 Å². The minimum absolute atomic E-state index is 0. The van der Waals surface area contributed by atoms with Crippen molar-refractivity contribution in [3.8, 4) is 17.3 Å². The quantitative estimate of drug-likeness (QED) is 0.149. The summed E-state index contributed by atoms with van der Waals surface area (Å²) >= 11 is 0. The third-order valence-corrected chi connectivity index (χ3v) is 11.5. The van der Waals surface area contributed by atoms with Gasteiger partial charge >= 0.3 is 0 Å². The molecular formula is C53H55N4OPt-3. The maximum Gasteiger partial charge on any atom is 0.135 e. The summed E-state index contributed by atoms with van der Waals surface area (Å²) in [7, 11) is 0. The van der Waals surface area contributed by atoms with Crippen LogP contribution in [0.5, 0.6) is 11.5 Å². The molecule has 1 aliphatic heterocycles. The number of aromatic nitrogens is 2. The smallest absolute Gasteiger partial charge is 0.135 e. The molecule has 0 bridgehead atoms. The van der Waals surface area contributed by atoms with Crippen molar-refractivity contribution in [1.29, 1.82) is 0 Å². The number of rotatable bonds is 7. The first-order chi connectivity index (χ1) is 27.4. The van der Waals surface area contributed by atoms with Crippen LogP contribution in [0.25, 0.3) is 27.6 Å². The molecule has 0 fully saturated rings. The average molecular weight is 959 g/mol. The van der Waals surface area contributed by atoms with Gasteiger partial charge in [-0.05, 0) is 75.0 Å². The van der Waals surface area contributed by atoms with E-state index in [1.54, 1.807) is 0 Å². The summed E-state index contributed by atoms with van der Waals surface area (Å²) in [5.41, 5.74) is 9.92. The molecule has 8 rings (SSSR count). The first kappa shape index (κ1) is 42.0. The van der Waals surface area contributed by atoms with Crippen LogP contribution in [0.3, 0.4) is 0 Å². The molecule has 0 radical (unpaired) electrons. The van der Waals surface area contributed by atoms with Crippen LogP contribution in [-0.4, -0.2) is 9.55 Å². The number of allylic oxidation sites excluding steroid dienone is 1. The van der Waals surface area contributed by atoms with Crippen molar-refractivity contribution in [2.45, 2.75) is 92.4 Å². The number of ether oxygens (including phenoxy) is 1. The van der Waals surface area contributed by atoms with Gasteiger partial charge in [-0.1, -0.05) is 136 Å². The third-order valence-electron chi connectivity index (χ3n) is 11.5. The Hall–Kier alpha value is -5.12. The van der Waals surface area contributed by atoms with Crippen molar-refractivity contribution in [2.24, 2.45) is 5.41 Å². The first-order valence-electron chi connectivity index (χ1n) is 20.4. The Labute approximate surface area is 366 Å². The zero-order chi connectivity index (χ0) is 41.2. The largest absolute Gasteiger partial charge is 0.509 e. The van der Waals surface area contributed by atoms with Gasteiger partial charge in [0.05, 0.1) is 0 Å². The molecule has 0 saturated carbocycles. The number of fused-ring (bicyclic) bond motifs is 3. The Balaban J connectivity index is 0.00000528. The van der Waals surface area contributed by atoms with E-state index < -0.39 is 0 Å². The van der Waals surface area contributed by atoms with E-state index in [-0.39, 0.29) is 42.7 Å². The fraction of sp³-hybridized carbons (Fsp3) is 0.283. The molecule has 5 nitrogen and oxygen atoms in total. The summed E-state index contributed by atoms with van der Waals surface area (Å²) in [4.78, 5) is 9.35. The van der Waals surface area contributed by atoms with Crippen molar-refractivity contribution < 1.29 is 25.8 Å². The van der Waals surface area contributed by atoms with E-state index in [1.165, 1.54) is 27.6 Å². The fourth-order valence-corrected chi connectivity index (χ4v) is 7.83. The number of hydrogen-bond donors (Lipinski definition) is 0. The summed E-state index contributed by atoms with van der Waals surface area (Å²) in [6.45, 7) is 27.0. The van der Waals surface area contributed by atoms with Crippen molar-refractivity contribution >= 4 is 33.2 Å². The molecule has 0 N–H and O–H groups in total. The van der Waals surface area contributed by atoms with Crippen molar-refractivity contribution in [1.82, 2.24) is 9.55 Å². The molecule has 5 aromatic carbocycles. The van der Waals surface area contributed by atoms with Gasteiger partial charge in [-0.3, -0.25) is 0 Å². The molecule has 2 aromatic heterocycles. The standard InChI is InChI=1S/C53H55N4O.Pt/c1-50(2,3)37-23-26-46-45(30-37)44-25-24-43(33-47(44)57(46)49-31-38(27-28-54-49)51(4,5)6)58-42-22-16-21-41(32-42)56-35-55(34-48(56)52(7,8)9)40-20-15-19-39(29-40)53(10,11)36-17-13-12-14-18-36;/h12-31,34-35H,1-11H3;/q-3;. The summed E-state index contributed by atoms with van der Waals surface area (Å²) < 4.78 is 8.86. The van der Waals surface area contributed by atoms with Gasteiger partial charge in [0, 0.05) is 66.5 Å². The van der Waals surface area contributed by atoms with E-state index in [9.17, 15) is 0 Å². The number of hydrogen-bond acceptors (Lipinski definition) is 4. The molecule has 3 heterocycles. The van der Waals surface area contributed by atoms with E-state index in [1.807, 2.05) is 24.4 Å². The zero-order valence-electron chi connectivity index (χ0n) is 36.2. The van der Waals surface area contributed by atoms with Crippen LogP contribution in [0, 0.1) is 24.2 Å². The maximum absolute atomic E-state index is 6.64. The van der Waals surface area contributed by atoms with Crippen molar-refractivity contribution in [2.75, 3.05) is 9.80 Å². The van der Waals surface area contributed by atoms with Gasteiger partial charge in [-0.25, -0.2) is 4.98 Å². The summed E-state index contributed by atoms with van der Waals surface area (Å²) in [6.07, 6.45) is 4.15. The Morgan fingerprint density at radius 2 is 1.25 bits per heavy atom. The van der Waals surface area contributed by atoms with Crippen molar-refractivity contribution in [3.05, 3.63) is 174 Å². The Bertz CT molecular complexity index is 2670. The number of nitrogens with zero attached hydrogens (tertiary/aromatic N) is 4. The zero-order valence-corrected chi connectivity index (χ0v) is 38.5. The normalized spacial score (nSPS) is 13.8. The first-order valence-corrected chi connectivity index (χ1v) is 20.4. The Morgan fingerprint density at radius 3 is 1.97 bits per heavy atom. The molecule has 7 aromatic rings. The van der Waals surface area contributed by atoms with E-state index in [0.717, 1.165) is 39.3 Å². The molecule has 0 aliphatic carbocycles. The second-order valence-corrected chi connectivity index (χ2v) is 19.3. The van der Waals surface area contributed by atoms with Gasteiger partial charge in [0.15, 0.2) is 0 Å². The monoisotopic (exact) mass is 958 g/mol. The molecule has 59 heavy (non-hydrogen) atoms. The molecule has 6 heteroatoms.